The summed E-state index contributed by atoms with van der Waals surface area (Å²) < 4.78 is 0. The van der Waals surface area contributed by atoms with E-state index < -0.39 is 0 Å². The molecule has 1 fully saturated rings. The molecule has 4 nitrogen and oxygen atoms in total. The number of rotatable bonds is 3. The standard InChI is InChI=1S/C18H17N3OS/c22-17(16-6-3-11-23-16)13-7-9-21(10-8-13)18-15-5-2-1-4-14(15)12-19-20-18/h1-6,11-13H,7-10H2. The molecule has 0 unspecified atom stereocenters. The molecule has 2 aromatic heterocycles. The van der Waals surface area contributed by atoms with Gasteiger partial charge >= 0.3 is 0 Å². The first-order valence-electron chi connectivity index (χ1n) is 7.86. The number of benzene rings is 1. The van der Waals surface area contributed by atoms with E-state index in [9.17, 15) is 4.79 Å². The third-order valence-corrected chi connectivity index (χ3v) is 5.36. The van der Waals surface area contributed by atoms with Crippen LogP contribution in [0.2, 0.25) is 0 Å². The Morgan fingerprint density at radius 3 is 2.74 bits per heavy atom. The number of carbonyl (C=O) groups is 1. The quantitative estimate of drug-likeness (QED) is 0.688. The number of thiophene rings is 1. The van der Waals surface area contributed by atoms with Gasteiger partial charge in [0.15, 0.2) is 11.6 Å². The van der Waals surface area contributed by atoms with Gasteiger partial charge in [0.2, 0.25) is 0 Å². The molecule has 0 aliphatic carbocycles. The van der Waals surface area contributed by atoms with Crippen molar-refractivity contribution in [3.63, 3.8) is 0 Å². The molecule has 23 heavy (non-hydrogen) atoms. The first-order chi connectivity index (χ1) is 11.3. The molecule has 0 radical (unpaired) electrons. The maximum atomic E-state index is 12.5. The van der Waals surface area contributed by atoms with Crippen molar-refractivity contribution in [2.24, 2.45) is 5.92 Å². The number of fused-ring (bicyclic) bond motifs is 1. The number of aromatic nitrogens is 2. The van der Waals surface area contributed by atoms with E-state index >= 15 is 0 Å². The van der Waals surface area contributed by atoms with Crippen molar-refractivity contribution >= 4 is 33.7 Å². The SMILES string of the molecule is O=C(c1cccs1)C1CCN(c2nncc3ccccc23)CC1. The molecule has 1 saturated heterocycles. The summed E-state index contributed by atoms with van der Waals surface area (Å²) in [4.78, 5) is 15.6. The fraction of sp³-hybridized carbons (Fsp3) is 0.278. The van der Waals surface area contributed by atoms with Crippen LogP contribution in [0.1, 0.15) is 22.5 Å². The number of carbonyl (C=O) groups excluding carboxylic acids is 1. The number of hydrogen-bond acceptors (Lipinski definition) is 5. The second-order valence-corrected chi connectivity index (χ2v) is 6.81. The van der Waals surface area contributed by atoms with E-state index in [1.807, 2.05) is 29.6 Å². The minimum Gasteiger partial charge on any atom is -0.355 e. The van der Waals surface area contributed by atoms with Gasteiger partial charge in [-0.3, -0.25) is 4.79 Å². The van der Waals surface area contributed by atoms with Gasteiger partial charge in [-0.1, -0.05) is 30.3 Å². The molecule has 1 aliphatic rings. The molecule has 1 aliphatic heterocycles. The first-order valence-corrected chi connectivity index (χ1v) is 8.74. The number of nitrogens with zero attached hydrogens (tertiary/aromatic N) is 3. The van der Waals surface area contributed by atoms with Crippen molar-refractivity contribution in [2.75, 3.05) is 18.0 Å². The summed E-state index contributed by atoms with van der Waals surface area (Å²) in [7, 11) is 0. The molecule has 0 N–H and O–H groups in total. The summed E-state index contributed by atoms with van der Waals surface area (Å²) in [5.74, 6) is 1.36. The maximum Gasteiger partial charge on any atom is 0.175 e. The van der Waals surface area contributed by atoms with Crippen LogP contribution in [-0.4, -0.2) is 29.1 Å². The molecule has 1 aromatic carbocycles. The summed E-state index contributed by atoms with van der Waals surface area (Å²) in [6, 6.07) is 12.1. The Morgan fingerprint density at radius 1 is 1.13 bits per heavy atom. The number of Topliss-reactive ketones (excluding diaryl/α,β-unsaturated/α-hetero) is 1. The fourth-order valence-electron chi connectivity index (χ4n) is 3.22. The van der Waals surface area contributed by atoms with Crippen molar-refractivity contribution < 1.29 is 4.79 Å². The van der Waals surface area contributed by atoms with E-state index in [0.717, 1.165) is 47.4 Å². The highest BCUT2D eigenvalue weighted by molar-refractivity contribution is 7.12. The van der Waals surface area contributed by atoms with Crippen molar-refractivity contribution in [2.45, 2.75) is 12.8 Å². The summed E-state index contributed by atoms with van der Waals surface area (Å²) in [6.07, 6.45) is 3.55. The van der Waals surface area contributed by atoms with Crippen LogP contribution in [0.25, 0.3) is 10.8 Å². The van der Waals surface area contributed by atoms with Crippen LogP contribution in [0.4, 0.5) is 5.82 Å². The summed E-state index contributed by atoms with van der Waals surface area (Å²) >= 11 is 1.54. The summed E-state index contributed by atoms with van der Waals surface area (Å²) in [5, 5.41) is 12.7. The van der Waals surface area contributed by atoms with Gasteiger partial charge in [-0.05, 0) is 24.3 Å². The highest BCUT2D eigenvalue weighted by Crippen LogP contribution is 2.29. The van der Waals surface area contributed by atoms with Crippen molar-refractivity contribution in [1.29, 1.82) is 0 Å². The van der Waals surface area contributed by atoms with Crippen LogP contribution >= 0.6 is 11.3 Å². The van der Waals surface area contributed by atoms with Gasteiger partial charge in [-0.2, -0.15) is 5.10 Å². The van der Waals surface area contributed by atoms with Crippen LogP contribution < -0.4 is 4.90 Å². The maximum absolute atomic E-state index is 12.5. The van der Waals surface area contributed by atoms with Crippen LogP contribution in [0.3, 0.4) is 0 Å². The average molecular weight is 323 g/mol. The molecule has 0 saturated carbocycles. The molecule has 0 bridgehead atoms. The van der Waals surface area contributed by atoms with Gasteiger partial charge in [-0.15, -0.1) is 16.4 Å². The van der Waals surface area contributed by atoms with Crippen LogP contribution in [0.15, 0.2) is 48.0 Å². The Bertz CT molecular complexity index is 818. The lowest BCUT2D eigenvalue weighted by atomic mass is 9.91. The van der Waals surface area contributed by atoms with Crippen LogP contribution in [0.5, 0.6) is 0 Å². The van der Waals surface area contributed by atoms with Crippen molar-refractivity contribution in [1.82, 2.24) is 10.2 Å². The number of anilines is 1. The number of ketones is 1. The topological polar surface area (TPSA) is 46.1 Å². The van der Waals surface area contributed by atoms with Gasteiger partial charge in [0.1, 0.15) is 0 Å². The third kappa shape index (κ3) is 2.72. The van der Waals surface area contributed by atoms with Crippen molar-refractivity contribution in [3.05, 3.63) is 52.9 Å². The predicted molar refractivity (Wildman–Crippen MR) is 93.1 cm³/mol. The molecule has 0 atom stereocenters. The molecule has 3 aromatic rings. The van der Waals surface area contributed by atoms with Gasteiger partial charge in [0.25, 0.3) is 0 Å². The van der Waals surface area contributed by atoms with E-state index in [0.29, 0.717) is 5.78 Å². The predicted octanol–water partition coefficient (Wildman–Crippen LogP) is 3.79. The Balaban J connectivity index is 1.52. The van der Waals surface area contributed by atoms with Gasteiger partial charge in [0.05, 0.1) is 11.1 Å². The van der Waals surface area contributed by atoms with E-state index in [1.54, 1.807) is 6.20 Å². The molecule has 4 rings (SSSR count). The van der Waals surface area contributed by atoms with E-state index in [2.05, 4.69) is 27.2 Å². The molecule has 0 amide bonds. The molecule has 0 spiro atoms. The normalized spacial score (nSPS) is 15.9. The highest BCUT2D eigenvalue weighted by Gasteiger charge is 2.27. The largest absolute Gasteiger partial charge is 0.355 e. The van der Waals surface area contributed by atoms with Crippen LogP contribution in [-0.2, 0) is 0 Å². The lowest BCUT2D eigenvalue weighted by molar-refractivity contribution is 0.0904. The van der Waals surface area contributed by atoms with Gasteiger partial charge < -0.3 is 4.90 Å². The van der Waals surface area contributed by atoms with Crippen molar-refractivity contribution in [3.8, 4) is 0 Å². The minimum absolute atomic E-state index is 0.132. The average Bonchev–Trinajstić information content (AvgIpc) is 3.15. The smallest absolute Gasteiger partial charge is 0.175 e. The highest BCUT2D eigenvalue weighted by atomic mass is 32.1. The first kappa shape index (κ1) is 14.3. The lowest BCUT2D eigenvalue weighted by Crippen LogP contribution is -2.37. The van der Waals surface area contributed by atoms with Gasteiger partial charge in [0, 0.05) is 29.8 Å². The monoisotopic (exact) mass is 323 g/mol. The number of hydrogen-bond donors (Lipinski definition) is 0. The molecule has 5 heteroatoms. The summed E-state index contributed by atoms with van der Waals surface area (Å²) in [6.45, 7) is 1.70. The van der Waals surface area contributed by atoms with E-state index in [4.69, 9.17) is 0 Å². The summed E-state index contributed by atoms with van der Waals surface area (Å²) in [5.41, 5.74) is 0. The van der Waals surface area contributed by atoms with Crippen LogP contribution in [0, 0.1) is 5.92 Å². The molecular formula is C18H17N3OS. The minimum atomic E-state index is 0.132. The van der Waals surface area contributed by atoms with E-state index in [-0.39, 0.29) is 5.92 Å². The second kappa shape index (κ2) is 6.08. The Labute approximate surface area is 138 Å². The third-order valence-electron chi connectivity index (χ3n) is 4.48. The second-order valence-electron chi connectivity index (χ2n) is 5.86. The molecule has 116 valence electrons. The zero-order chi connectivity index (χ0) is 15.6. The molecular weight excluding hydrogens is 306 g/mol. The Morgan fingerprint density at radius 2 is 1.96 bits per heavy atom. The zero-order valence-corrected chi connectivity index (χ0v) is 13.5. The van der Waals surface area contributed by atoms with E-state index in [1.165, 1.54) is 11.3 Å². The fourth-order valence-corrected chi connectivity index (χ4v) is 3.96. The number of piperidine rings is 1. The Kier molecular flexibility index (Phi) is 3.79. The molecule has 3 heterocycles. The lowest BCUT2D eigenvalue weighted by Gasteiger charge is -2.32. The van der Waals surface area contributed by atoms with Gasteiger partial charge in [-0.25, -0.2) is 0 Å². The zero-order valence-electron chi connectivity index (χ0n) is 12.7. The Hall–Kier alpha value is -2.27.